The predicted octanol–water partition coefficient (Wildman–Crippen LogP) is 3.47. The molecule has 0 saturated carbocycles. The van der Waals surface area contributed by atoms with Crippen molar-refractivity contribution >= 4 is 0 Å². The summed E-state index contributed by atoms with van der Waals surface area (Å²) in [6.07, 6.45) is 0. The second-order valence-electron chi connectivity index (χ2n) is 4.48. The molecule has 2 rings (SSSR count). The molecule has 108 valence electrons. The van der Waals surface area contributed by atoms with E-state index in [4.69, 9.17) is 9.47 Å². The first-order valence-corrected chi connectivity index (χ1v) is 6.85. The molecule has 0 atom stereocenters. The molecule has 0 aliphatic carbocycles. The quantitative estimate of drug-likeness (QED) is 0.881. The molecule has 0 aliphatic rings. The smallest absolute Gasteiger partial charge is 0.145 e. The van der Waals surface area contributed by atoms with Crippen LogP contribution in [-0.2, 0) is 6.54 Å². The van der Waals surface area contributed by atoms with E-state index in [1.807, 2.05) is 56.4 Å². The van der Waals surface area contributed by atoms with E-state index in [0.717, 1.165) is 17.9 Å². The van der Waals surface area contributed by atoms with E-state index in [2.05, 4.69) is 11.4 Å². The molecule has 0 radical (unpaired) electrons. The van der Waals surface area contributed by atoms with Gasteiger partial charge in [0.25, 0.3) is 0 Å². The van der Waals surface area contributed by atoms with Crippen LogP contribution < -0.4 is 14.8 Å². The Hall–Kier alpha value is -2.51. The van der Waals surface area contributed by atoms with Gasteiger partial charge in [-0.3, -0.25) is 0 Å². The lowest BCUT2D eigenvalue weighted by atomic mass is 10.1. The lowest BCUT2D eigenvalue weighted by Gasteiger charge is -2.10. The van der Waals surface area contributed by atoms with Crippen molar-refractivity contribution in [3.8, 4) is 23.3 Å². The normalized spacial score (nSPS) is 9.95. The van der Waals surface area contributed by atoms with Crippen LogP contribution in [0.2, 0.25) is 0 Å². The average molecular weight is 282 g/mol. The molecule has 0 fully saturated rings. The Kier molecular flexibility index (Phi) is 5.19. The zero-order valence-electron chi connectivity index (χ0n) is 12.2. The molecule has 0 amide bonds. The molecule has 2 aromatic carbocycles. The number of ether oxygens (including phenoxy) is 2. The van der Waals surface area contributed by atoms with Crippen LogP contribution in [0.3, 0.4) is 0 Å². The Bertz CT molecular complexity index is 647. The number of hydrogen-bond donors (Lipinski definition) is 1. The molecule has 2 aromatic rings. The summed E-state index contributed by atoms with van der Waals surface area (Å²) in [4.78, 5) is 0. The molecule has 4 heteroatoms. The third-order valence-corrected chi connectivity index (χ3v) is 2.89. The van der Waals surface area contributed by atoms with Gasteiger partial charge in [0.2, 0.25) is 0 Å². The van der Waals surface area contributed by atoms with E-state index >= 15 is 0 Å². The zero-order valence-corrected chi connectivity index (χ0v) is 12.2. The number of nitrogens with zero attached hydrogens (tertiary/aromatic N) is 1. The van der Waals surface area contributed by atoms with Crippen molar-refractivity contribution in [3.05, 3.63) is 53.6 Å². The van der Waals surface area contributed by atoms with Crippen LogP contribution in [0.4, 0.5) is 0 Å². The highest BCUT2D eigenvalue weighted by molar-refractivity contribution is 5.48. The average Bonchev–Trinajstić information content (AvgIpc) is 2.50. The maximum atomic E-state index is 9.25. The summed E-state index contributed by atoms with van der Waals surface area (Å²) >= 11 is 0. The van der Waals surface area contributed by atoms with Crippen molar-refractivity contribution in [1.82, 2.24) is 5.32 Å². The fourth-order valence-corrected chi connectivity index (χ4v) is 1.99. The van der Waals surface area contributed by atoms with E-state index < -0.39 is 0 Å². The minimum atomic E-state index is 0.518. The first-order valence-electron chi connectivity index (χ1n) is 6.85. The minimum absolute atomic E-state index is 0.518. The minimum Gasteiger partial charge on any atom is -0.494 e. The third kappa shape index (κ3) is 3.98. The molecule has 0 aliphatic heterocycles. The lowest BCUT2D eigenvalue weighted by molar-refractivity contribution is 0.338. The van der Waals surface area contributed by atoms with Crippen LogP contribution in [0.15, 0.2) is 42.5 Å². The summed E-state index contributed by atoms with van der Waals surface area (Å²) in [6.45, 7) is 3.25. The van der Waals surface area contributed by atoms with Crippen LogP contribution in [0.1, 0.15) is 18.1 Å². The molecule has 1 N–H and O–H groups in total. The maximum absolute atomic E-state index is 9.25. The van der Waals surface area contributed by atoms with E-state index in [-0.39, 0.29) is 0 Å². The fourth-order valence-electron chi connectivity index (χ4n) is 1.99. The highest BCUT2D eigenvalue weighted by Crippen LogP contribution is 2.28. The van der Waals surface area contributed by atoms with Crippen molar-refractivity contribution in [2.75, 3.05) is 13.7 Å². The first kappa shape index (κ1) is 14.9. The summed E-state index contributed by atoms with van der Waals surface area (Å²) < 4.78 is 11.2. The number of hydrogen-bond acceptors (Lipinski definition) is 4. The summed E-state index contributed by atoms with van der Waals surface area (Å²) in [6, 6.07) is 15.1. The molecule has 0 unspecified atom stereocenters. The Labute approximate surface area is 124 Å². The first-order chi connectivity index (χ1) is 10.3. The summed E-state index contributed by atoms with van der Waals surface area (Å²) in [5.74, 6) is 1.95. The molecular weight excluding hydrogens is 264 g/mol. The van der Waals surface area contributed by atoms with Gasteiger partial charge in [0, 0.05) is 12.6 Å². The van der Waals surface area contributed by atoms with E-state index in [1.54, 1.807) is 0 Å². The van der Waals surface area contributed by atoms with Gasteiger partial charge in [-0.25, -0.2) is 0 Å². The molecule has 21 heavy (non-hydrogen) atoms. The van der Waals surface area contributed by atoms with Crippen LogP contribution in [0.25, 0.3) is 0 Å². The predicted molar refractivity (Wildman–Crippen MR) is 81.6 cm³/mol. The Morgan fingerprint density at radius 3 is 2.67 bits per heavy atom. The molecule has 0 saturated heterocycles. The van der Waals surface area contributed by atoms with Gasteiger partial charge in [0.1, 0.15) is 23.3 Å². The van der Waals surface area contributed by atoms with Crippen molar-refractivity contribution in [1.29, 1.82) is 5.26 Å². The number of rotatable bonds is 6. The van der Waals surface area contributed by atoms with Crippen molar-refractivity contribution in [2.45, 2.75) is 13.5 Å². The van der Waals surface area contributed by atoms with Crippen molar-refractivity contribution in [2.24, 2.45) is 0 Å². The third-order valence-electron chi connectivity index (χ3n) is 2.89. The lowest BCUT2D eigenvalue weighted by Crippen LogP contribution is -2.05. The van der Waals surface area contributed by atoms with Gasteiger partial charge in [-0.1, -0.05) is 12.1 Å². The maximum Gasteiger partial charge on any atom is 0.145 e. The SMILES string of the molecule is CCOc1cccc(Oc2ccc(CNC)cc2C#N)c1. The van der Waals surface area contributed by atoms with E-state index in [1.165, 1.54) is 0 Å². The highest BCUT2D eigenvalue weighted by Gasteiger charge is 2.07. The Morgan fingerprint density at radius 1 is 1.14 bits per heavy atom. The summed E-state index contributed by atoms with van der Waals surface area (Å²) in [5.41, 5.74) is 1.56. The highest BCUT2D eigenvalue weighted by atomic mass is 16.5. The summed E-state index contributed by atoms with van der Waals surface area (Å²) in [7, 11) is 1.87. The molecule has 4 nitrogen and oxygen atoms in total. The van der Waals surface area contributed by atoms with Crippen LogP contribution in [0, 0.1) is 11.3 Å². The van der Waals surface area contributed by atoms with Gasteiger partial charge in [0.15, 0.2) is 0 Å². The molecule has 0 aromatic heterocycles. The molecular formula is C17H18N2O2. The van der Waals surface area contributed by atoms with Crippen LogP contribution in [0.5, 0.6) is 17.2 Å². The van der Waals surface area contributed by atoms with Gasteiger partial charge in [-0.2, -0.15) is 5.26 Å². The number of benzene rings is 2. The zero-order chi connectivity index (χ0) is 15.1. The van der Waals surface area contributed by atoms with Gasteiger partial charge < -0.3 is 14.8 Å². The van der Waals surface area contributed by atoms with E-state index in [9.17, 15) is 5.26 Å². The largest absolute Gasteiger partial charge is 0.494 e. The second-order valence-corrected chi connectivity index (χ2v) is 4.48. The van der Waals surface area contributed by atoms with Crippen molar-refractivity contribution < 1.29 is 9.47 Å². The molecule has 0 heterocycles. The Balaban J connectivity index is 2.23. The Morgan fingerprint density at radius 2 is 1.95 bits per heavy atom. The van der Waals surface area contributed by atoms with Crippen LogP contribution in [-0.4, -0.2) is 13.7 Å². The van der Waals surface area contributed by atoms with Gasteiger partial charge >= 0.3 is 0 Å². The molecule has 0 bridgehead atoms. The number of nitrogens with one attached hydrogen (secondary N) is 1. The standard InChI is InChI=1S/C17H18N2O2/c1-3-20-15-5-4-6-16(10-15)21-17-8-7-13(12-19-2)9-14(17)11-18/h4-10,19H,3,12H2,1-2H3. The number of nitriles is 1. The molecule has 0 spiro atoms. The monoisotopic (exact) mass is 282 g/mol. The van der Waals surface area contributed by atoms with Gasteiger partial charge in [-0.15, -0.1) is 0 Å². The van der Waals surface area contributed by atoms with Gasteiger partial charge in [0.05, 0.1) is 12.2 Å². The summed E-state index contributed by atoms with van der Waals surface area (Å²) in [5, 5.41) is 12.3. The fraction of sp³-hybridized carbons (Fsp3) is 0.235. The second kappa shape index (κ2) is 7.32. The topological polar surface area (TPSA) is 54.3 Å². The van der Waals surface area contributed by atoms with Crippen molar-refractivity contribution in [3.63, 3.8) is 0 Å². The van der Waals surface area contributed by atoms with E-state index in [0.29, 0.717) is 23.7 Å². The van der Waals surface area contributed by atoms with Gasteiger partial charge in [-0.05, 0) is 43.8 Å². The van der Waals surface area contributed by atoms with Crippen LogP contribution >= 0.6 is 0 Å².